The lowest BCUT2D eigenvalue weighted by molar-refractivity contribution is 0.131. The summed E-state index contributed by atoms with van der Waals surface area (Å²) in [5.41, 5.74) is 0. The zero-order valence-corrected chi connectivity index (χ0v) is 14.8. The minimum Gasteiger partial charge on any atom is -0.413 e. The van der Waals surface area contributed by atoms with Crippen molar-refractivity contribution in [1.29, 1.82) is 0 Å². The van der Waals surface area contributed by atoms with Crippen molar-refractivity contribution in [2.75, 3.05) is 0 Å². The van der Waals surface area contributed by atoms with Gasteiger partial charge in [-0.3, -0.25) is 0 Å². The first-order valence-corrected chi connectivity index (χ1v) is 10.3. The average Bonchev–Trinajstić information content (AvgIpc) is 2.34. The maximum atomic E-state index is 6.52. The average molecular weight is 291 g/mol. The van der Waals surface area contributed by atoms with Gasteiger partial charge in [0.2, 0.25) is 0 Å². The molecule has 0 aliphatic heterocycles. The van der Waals surface area contributed by atoms with Crippen LogP contribution >= 0.6 is 0 Å². The Kier molecular flexibility index (Phi) is 7.95. The largest absolute Gasteiger partial charge is 0.413 e. The lowest BCUT2D eigenvalue weighted by Gasteiger charge is -2.40. The van der Waals surface area contributed by atoms with Crippen LogP contribution in [0, 0.1) is 30.6 Å². The van der Waals surface area contributed by atoms with Gasteiger partial charge in [0.25, 0.3) is 0 Å². The van der Waals surface area contributed by atoms with Gasteiger partial charge in [-0.25, -0.2) is 0 Å². The van der Waals surface area contributed by atoms with Crippen molar-refractivity contribution in [3.8, 4) is 24.7 Å². The number of hydrogen-bond acceptors (Lipinski definition) is 1. The van der Waals surface area contributed by atoms with E-state index in [9.17, 15) is 0 Å². The quantitative estimate of drug-likeness (QED) is 0.347. The maximum Gasteiger partial charge on any atom is 0.192 e. The third kappa shape index (κ3) is 5.99. The van der Waals surface area contributed by atoms with E-state index in [1.807, 2.05) is 6.08 Å². The third-order valence-corrected chi connectivity index (χ3v) is 8.67. The Morgan fingerprint density at radius 2 is 1.85 bits per heavy atom. The predicted molar refractivity (Wildman–Crippen MR) is 91.9 cm³/mol. The molecule has 0 amide bonds. The summed E-state index contributed by atoms with van der Waals surface area (Å²) < 4.78 is 6.52. The van der Waals surface area contributed by atoms with Crippen LogP contribution in [-0.4, -0.2) is 14.4 Å². The van der Waals surface area contributed by atoms with Crippen LogP contribution in [-0.2, 0) is 4.43 Å². The summed E-state index contributed by atoms with van der Waals surface area (Å²) in [4.78, 5) is 0. The van der Waals surface area contributed by atoms with E-state index in [0.717, 1.165) is 19.3 Å². The first-order chi connectivity index (χ1) is 9.19. The zero-order chi connectivity index (χ0) is 15.8. The molecule has 112 valence electrons. The molecule has 0 aromatic heterocycles. The van der Waals surface area contributed by atoms with Crippen LogP contribution in [0.15, 0.2) is 12.7 Å². The van der Waals surface area contributed by atoms with E-state index in [2.05, 4.69) is 52.3 Å². The molecule has 2 heteroatoms. The van der Waals surface area contributed by atoms with Gasteiger partial charge >= 0.3 is 0 Å². The van der Waals surface area contributed by atoms with Crippen molar-refractivity contribution in [3.05, 3.63) is 12.7 Å². The van der Waals surface area contributed by atoms with E-state index in [1.54, 1.807) is 0 Å². The van der Waals surface area contributed by atoms with Crippen LogP contribution in [0.4, 0.5) is 0 Å². The van der Waals surface area contributed by atoms with Gasteiger partial charge in [0, 0.05) is 12.3 Å². The van der Waals surface area contributed by atoms with E-state index in [0.29, 0.717) is 6.42 Å². The summed E-state index contributed by atoms with van der Waals surface area (Å²) >= 11 is 0. The number of terminal acetylenes is 2. The molecule has 0 aromatic carbocycles. The topological polar surface area (TPSA) is 9.23 Å². The number of allylic oxidation sites excluding steroid dienone is 1. The predicted octanol–water partition coefficient (Wildman–Crippen LogP) is 5.01. The fourth-order valence-electron chi connectivity index (χ4n) is 1.80. The van der Waals surface area contributed by atoms with Crippen LogP contribution < -0.4 is 0 Å². The summed E-state index contributed by atoms with van der Waals surface area (Å²) in [6.07, 6.45) is 16.5. The Balaban J connectivity index is 5.01. The first-order valence-electron chi connectivity index (χ1n) is 7.38. The Morgan fingerprint density at radius 3 is 2.25 bits per heavy atom. The first kappa shape index (κ1) is 19.0. The van der Waals surface area contributed by atoms with Crippen LogP contribution in [0.25, 0.3) is 0 Å². The standard InChI is InChI=1S/C18H30OSi/c1-9-12-14-16(11-3)17(15-13-10-2)19-20(7,8)18(4,5)6/h2-3,9,16-17H,1,12-15H2,4-8H3/t16-,17-/m0/s1. The van der Waals surface area contributed by atoms with Crippen molar-refractivity contribution in [2.24, 2.45) is 5.92 Å². The Morgan fingerprint density at radius 1 is 1.25 bits per heavy atom. The van der Waals surface area contributed by atoms with E-state index in [-0.39, 0.29) is 17.1 Å². The molecule has 20 heavy (non-hydrogen) atoms. The maximum absolute atomic E-state index is 6.52. The molecule has 0 N–H and O–H groups in total. The second-order valence-corrected chi connectivity index (χ2v) is 11.6. The van der Waals surface area contributed by atoms with Crippen LogP contribution in [0.3, 0.4) is 0 Å². The SMILES string of the molecule is C#CCC[C@H](O[Si](C)(C)C(C)(C)C)[C@@H](C#C)CCC=C. The van der Waals surface area contributed by atoms with Crippen molar-refractivity contribution in [2.45, 2.75) is 70.7 Å². The van der Waals surface area contributed by atoms with Crippen LogP contribution in [0.1, 0.15) is 46.5 Å². The van der Waals surface area contributed by atoms with Gasteiger partial charge in [-0.2, -0.15) is 0 Å². The minimum absolute atomic E-state index is 0.0666. The molecule has 0 bridgehead atoms. The van der Waals surface area contributed by atoms with Gasteiger partial charge in [-0.05, 0) is 37.4 Å². The summed E-state index contributed by atoms with van der Waals surface area (Å²) in [6.45, 7) is 15.0. The Hall–Kier alpha value is -0.963. The highest BCUT2D eigenvalue weighted by molar-refractivity contribution is 6.74. The second kappa shape index (κ2) is 8.35. The molecule has 0 radical (unpaired) electrons. The Labute approximate surface area is 127 Å². The molecule has 0 heterocycles. The monoisotopic (exact) mass is 290 g/mol. The third-order valence-electron chi connectivity index (χ3n) is 4.17. The van der Waals surface area contributed by atoms with E-state index in [1.165, 1.54) is 0 Å². The van der Waals surface area contributed by atoms with Gasteiger partial charge in [0.05, 0.1) is 6.10 Å². The van der Waals surface area contributed by atoms with Crippen LogP contribution in [0.2, 0.25) is 18.1 Å². The van der Waals surface area contributed by atoms with Gasteiger partial charge in [-0.15, -0.1) is 31.3 Å². The molecule has 0 saturated heterocycles. The van der Waals surface area contributed by atoms with E-state index in [4.69, 9.17) is 17.3 Å². The fourth-order valence-corrected chi connectivity index (χ4v) is 3.19. The molecule has 1 nitrogen and oxygen atoms in total. The molecule has 0 fully saturated rings. The smallest absolute Gasteiger partial charge is 0.192 e. The highest BCUT2D eigenvalue weighted by Gasteiger charge is 2.40. The molecule has 0 aliphatic rings. The van der Waals surface area contributed by atoms with Gasteiger partial charge in [0.1, 0.15) is 0 Å². The van der Waals surface area contributed by atoms with Gasteiger partial charge in [-0.1, -0.05) is 26.8 Å². The molecule has 2 atom stereocenters. The lowest BCUT2D eigenvalue weighted by Crippen LogP contribution is -2.45. The molecule has 0 rings (SSSR count). The van der Waals surface area contributed by atoms with Crippen molar-refractivity contribution in [1.82, 2.24) is 0 Å². The second-order valence-electron chi connectivity index (χ2n) is 6.80. The molecule has 0 spiro atoms. The highest BCUT2D eigenvalue weighted by atomic mass is 28.4. The molecule has 0 saturated carbocycles. The molecular weight excluding hydrogens is 260 g/mol. The normalized spacial score (nSPS) is 14.9. The van der Waals surface area contributed by atoms with E-state index < -0.39 is 8.32 Å². The number of hydrogen-bond donors (Lipinski definition) is 0. The van der Waals surface area contributed by atoms with E-state index >= 15 is 0 Å². The summed E-state index contributed by atoms with van der Waals surface area (Å²) in [5, 5.41) is 0.180. The molecule has 0 aliphatic carbocycles. The zero-order valence-electron chi connectivity index (χ0n) is 13.8. The summed E-state index contributed by atoms with van der Waals surface area (Å²) in [6, 6.07) is 0. The van der Waals surface area contributed by atoms with Gasteiger partial charge in [0.15, 0.2) is 8.32 Å². The van der Waals surface area contributed by atoms with Crippen molar-refractivity contribution < 1.29 is 4.43 Å². The lowest BCUT2D eigenvalue weighted by atomic mass is 9.94. The minimum atomic E-state index is -1.83. The molecule has 0 unspecified atom stereocenters. The summed E-state index contributed by atoms with van der Waals surface area (Å²) in [5.74, 6) is 5.73. The molecule has 0 aromatic rings. The fraction of sp³-hybridized carbons (Fsp3) is 0.667. The van der Waals surface area contributed by atoms with Crippen molar-refractivity contribution in [3.63, 3.8) is 0 Å². The summed E-state index contributed by atoms with van der Waals surface area (Å²) in [7, 11) is -1.83. The highest BCUT2D eigenvalue weighted by Crippen LogP contribution is 2.39. The van der Waals surface area contributed by atoms with Gasteiger partial charge < -0.3 is 4.43 Å². The number of rotatable bonds is 8. The van der Waals surface area contributed by atoms with Crippen LogP contribution in [0.5, 0.6) is 0 Å². The Bertz CT molecular complexity index is 376. The molecular formula is C18H30OSi. The van der Waals surface area contributed by atoms with Crippen molar-refractivity contribution >= 4 is 8.32 Å².